The van der Waals surface area contributed by atoms with Gasteiger partial charge >= 0.3 is 0 Å². The zero-order valence-electron chi connectivity index (χ0n) is 8.77. The molecule has 0 bridgehead atoms. The number of nitrogens with zero attached hydrogens (tertiary/aromatic N) is 3. The molecule has 15 heavy (non-hydrogen) atoms. The van der Waals surface area contributed by atoms with Crippen molar-refractivity contribution in [2.75, 3.05) is 24.5 Å². The van der Waals surface area contributed by atoms with E-state index in [1.54, 1.807) is 12.3 Å². The molecule has 4 heteroatoms. The second kappa shape index (κ2) is 4.28. The Hall–Kier alpha value is -1.60. The summed E-state index contributed by atoms with van der Waals surface area (Å²) < 4.78 is 0. The highest BCUT2D eigenvalue weighted by Crippen LogP contribution is 2.19. The zero-order valence-corrected chi connectivity index (χ0v) is 8.77. The van der Waals surface area contributed by atoms with Gasteiger partial charge in [0.2, 0.25) is 0 Å². The lowest BCUT2D eigenvalue weighted by Crippen LogP contribution is -2.50. The van der Waals surface area contributed by atoms with Gasteiger partial charge in [0.1, 0.15) is 11.9 Å². The van der Waals surface area contributed by atoms with E-state index in [9.17, 15) is 0 Å². The van der Waals surface area contributed by atoms with E-state index < -0.39 is 0 Å². The fraction of sp³-hybridized carbons (Fsp3) is 0.455. The molecule has 1 atom stereocenters. The molecular weight excluding hydrogens is 188 g/mol. The van der Waals surface area contributed by atoms with Crippen LogP contribution in [-0.4, -0.2) is 30.7 Å². The molecule has 2 rings (SSSR count). The fourth-order valence-electron chi connectivity index (χ4n) is 1.87. The van der Waals surface area contributed by atoms with Gasteiger partial charge in [-0.05, 0) is 19.1 Å². The van der Waals surface area contributed by atoms with E-state index in [-0.39, 0.29) is 0 Å². The lowest BCUT2D eigenvalue weighted by atomic mass is 10.2. The van der Waals surface area contributed by atoms with Crippen molar-refractivity contribution in [2.24, 2.45) is 0 Å². The number of aromatic nitrogens is 1. The van der Waals surface area contributed by atoms with Crippen molar-refractivity contribution in [2.45, 2.75) is 13.0 Å². The SMILES string of the molecule is C[C@H]1CNCCN1c1ncccc1C#N. The summed E-state index contributed by atoms with van der Waals surface area (Å²) in [6, 6.07) is 6.20. The molecule has 0 spiro atoms. The van der Waals surface area contributed by atoms with Crippen LogP contribution in [0.5, 0.6) is 0 Å². The fourth-order valence-corrected chi connectivity index (χ4v) is 1.87. The summed E-state index contributed by atoms with van der Waals surface area (Å²) in [6.07, 6.45) is 1.74. The van der Waals surface area contributed by atoms with Gasteiger partial charge in [0, 0.05) is 31.9 Å². The van der Waals surface area contributed by atoms with Crippen molar-refractivity contribution in [3.05, 3.63) is 23.9 Å². The molecule has 4 nitrogen and oxygen atoms in total. The molecule has 1 aromatic rings. The van der Waals surface area contributed by atoms with Crippen molar-refractivity contribution in [1.29, 1.82) is 5.26 Å². The Morgan fingerprint density at radius 1 is 1.67 bits per heavy atom. The predicted octanol–water partition coefficient (Wildman–Crippen LogP) is 0.751. The van der Waals surface area contributed by atoms with Crippen LogP contribution in [0.2, 0.25) is 0 Å². The van der Waals surface area contributed by atoms with Gasteiger partial charge in [0.25, 0.3) is 0 Å². The van der Waals surface area contributed by atoms with E-state index in [1.165, 1.54) is 0 Å². The Kier molecular flexibility index (Phi) is 2.84. The largest absolute Gasteiger partial charge is 0.350 e. The number of anilines is 1. The molecule has 1 aliphatic rings. The second-order valence-corrected chi connectivity index (χ2v) is 3.73. The minimum Gasteiger partial charge on any atom is -0.350 e. The highest BCUT2D eigenvalue weighted by Gasteiger charge is 2.21. The summed E-state index contributed by atoms with van der Waals surface area (Å²) in [5.41, 5.74) is 0.659. The number of nitrogens with one attached hydrogen (secondary N) is 1. The summed E-state index contributed by atoms with van der Waals surface area (Å²) in [7, 11) is 0. The van der Waals surface area contributed by atoms with Crippen LogP contribution in [0.1, 0.15) is 12.5 Å². The number of nitriles is 1. The number of pyridine rings is 1. The maximum absolute atomic E-state index is 9.00. The molecular formula is C11H14N4. The minimum absolute atomic E-state index is 0.390. The summed E-state index contributed by atoms with van der Waals surface area (Å²) in [4.78, 5) is 6.49. The van der Waals surface area contributed by atoms with Gasteiger partial charge in [-0.3, -0.25) is 0 Å². The Morgan fingerprint density at radius 2 is 2.53 bits per heavy atom. The zero-order chi connectivity index (χ0) is 10.7. The number of hydrogen-bond acceptors (Lipinski definition) is 4. The smallest absolute Gasteiger partial charge is 0.146 e. The lowest BCUT2D eigenvalue weighted by Gasteiger charge is -2.35. The van der Waals surface area contributed by atoms with E-state index in [2.05, 4.69) is 28.2 Å². The molecule has 1 aliphatic heterocycles. The summed E-state index contributed by atoms with van der Waals surface area (Å²) >= 11 is 0. The Morgan fingerprint density at radius 3 is 3.27 bits per heavy atom. The first-order valence-electron chi connectivity index (χ1n) is 5.15. The van der Waals surface area contributed by atoms with Gasteiger partial charge in [0.05, 0.1) is 5.56 Å². The third-order valence-corrected chi connectivity index (χ3v) is 2.68. The highest BCUT2D eigenvalue weighted by atomic mass is 15.3. The van der Waals surface area contributed by atoms with Crippen molar-refractivity contribution in [1.82, 2.24) is 10.3 Å². The van der Waals surface area contributed by atoms with Gasteiger partial charge < -0.3 is 10.2 Å². The Balaban J connectivity index is 2.31. The van der Waals surface area contributed by atoms with E-state index in [4.69, 9.17) is 5.26 Å². The summed E-state index contributed by atoms with van der Waals surface area (Å²) in [6.45, 7) is 4.95. The van der Waals surface area contributed by atoms with E-state index in [0.29, 0.717) is 11.6 Å². The normalized spacial score (nSPS) is 21.1. The number of hydrogen-bond donors (Lipinski definition) is 1. The molecule has 78 valence electrons. The van der Waals surface area contributed by atoms with Gasteiger partial charge in [0.15, 0.2) is 0 Å². The predicted molar refractivity (Wildman–Crippen MR) is 58.6 cm³/mol. The summed E-state index contributed by atoms with van der Waals surface area (Å²) in [5, 5.41) is 12.3. The monoisotopic (exact) mass is 202 g/mol. The van der Waals surface area contributed by atoms with Crippen molar-refractivity contribution in [3.63, 3.8) is 0 Å². The van der Waals surface area contributed by atoms with Crippen LogP contribution in [0.4, 0.5) is 5.82 Å². The minimum atomic E-state index is 0.390. The molecule has 0 unspecified atom stereocenters. The van der Waals surface area contributed by atoms with Gasteiger partial charge in [-0.1, -0.05) is 0 Å². The van der Waals surface area contributed by atoms with Crippen LogP contribution in [0.3, 0.4) is 0 Å². The Labute approximate surface area is 89.5 Å². The van der Waals surface area contributed by atoms with E-state index >= 15 is 0 Å². The highest BCUT2D eigenvalue weighted by molar-refractivity contribution is 5.54. The molecule has 2 heterocycles. The van der Waals surface area contributed by atoms with E-state index in [1.807, 2.05) is 6.07 Å². The van der Waals surface area contributed by atoms with E-state index in [0.717, 1.165) is 25.5 Å². The number of rotatable bonds is 1. The first kappa shape index (κ1) is 9.94. The molecule has 0 aliphatic carbocycles. The number of piperazine rings is 1. The van der Waals surface area contributed by atoms with Crippen molar-refractivity contribution < 1.29 is 0 Å². The third-order valence-electron chi connectivity index (χ3n) is 2.68. The van der Waals surface area contributed by atoms with Crippen LogP contribution < -0.4 is 10.2 Å². The Bertz CT molecular complexity index is 382. The third kappa shape index (κ3) is 1.92. The molecule has 1 N–H and O–H groups in total. The van der Waals surface area contributed by atoms with Gasteiger partial charge in [-0.25, -0.2) is 4.98 Å². The molecule has 0 aromatic carbocycles. The first-order valence-corrected chi connectivity index (χ1v) is 5.15. The van der Waals surface area contributed by atoms with Crippen LogP contribution in [0.15, 0.2) is 18.3 Å². The van der Waals surface area contributed by atoms with Crippen LogP contribution in [0.25, 0.3) is 0 Å². The molecule has 0 amide bonds. The van der Waals surface area contributed by atoms with Crippen LogP contribution in [0, 0.1) is 11.3 Å². The maximum Gasteiger partial charge on any atom is 0.146 e. The molecule has 1 saturated heterocycles. The quantitative estimate of drug-likeness (QED) is 0.730. The standard InChI is InChI=1S/C11H14N4/c1-9-8-13-5-6-15(9)11-10(7-12)3-2-4-14-11/h2-4,9,13H,5-6,8H2,1H3/t9-/m0/s1. The topological polar surface area (TPSA) is 52.0 Å². The van der Waals surface area contributed by atoms with Gasteiger partial charge in [-0.15, -0.1) is 0 Å². The second-order valence-electron chi connectivity index (χ2n) is 3.73. The first-order chi connectivity index (χ1) is 7.33. The lowest BCUT2D eigenvalue weighted by molar-refractivity contribution is 0.497. The molecule has 1 aromatic heterocycles. The van der Waals surface area contributed by atoms with Crippen LogP contribution >= 0.6 is 0 Å². The molecule has 0 radical (unpaired) electrons. The van der Waals surface area contributed by atoms with Crippen molar-refractivity contribution >= 4 is 5.82 Å². The van der Waals surface area contributed by atoms with Crippen molar-refractivity contribution in [3.8, 4) is 6.07 Å². The average molecular weight is 202 g/mol. The average Bonchev–Trinajstić information content (AvgIpc) is 2.30. The van der Waals surface area contributed by atoms with Crippen LogP contribution in [-0.2, 0) is 0 Å². The molecule has 0 saturated carbocycles. The maximum atomic E-state index is 9.00. The van der Waals surface area contributed by atoms with Gasteiger partial charge in [-0.2, -0.15) is 5.26 Å². The summed E-state index contributed by atoms with van der Waals surface area (Å²) in [5.74, 6) is 0.814. The molecule has 1 fully saturated rings.